The van der Waals surface area contributed by atoms with Crippen molar-refractivity contribution < 1.29 is 0 Å². The van der Waals surface area contributed by atoms with Crippen LogP contribution in [0.5, 0.6) is 0 Å². The number of nitrogens with zero attached hydrogens (tertiary/aromatic N) is 2. The Bertz CT molecular complexity index is 595. The van der Waals surface area contributed by atoms with E-state index in [1.807, 2.05) is 38.1 Å². The summed E-state index contributed by atoms with van der Waals surface area (Å²) in [5, 5.41) is 9.48. The lowest BCUT2D eigenvalue weighted by Gasteiger charge is -2.08. The minimum Gasteiger partial charge on any atom is -0.245 e. The van der Waals surface area contributed by atoms with Crippen molar-refractivity contribution in [1.82, 2.24) is 4.98 Å². The van der Waals surface area contributed by atoms with Crippen LogP contribution in [0.4, 0.5) is 0 Å². The highest BCUT2D eigenvalue weighted by Gasteiger charge is 2.06. The number of benzene rings is 1. The molecule has 0 aliphatic heterocycles. The van der Waals surface area contributed by atoms with Crippen LogP contribution in [-0.4, -0.2) is 4.98 Å². The molecule has 3 heteroatoms. The van der Waals surface area contributed by atoms with E-state index in [9.17, 15) is 0 Å². The van der Waals surface area contributed by atoms with Gasteiger partial charge >= 0.3 is 0 Å². The molecule has 2 rings (SSSR count). The summed E-state index contributed by atoms with van der Waals surface area (Å²) in [7, 11) is 0. The first-order valence-electron chi connectivity index (χ1n) is 5.25. The quantitative estimate of drug-likeness (QED) is 0.761. The molecule has 84 valence electrons. The van der Waals surface area contributed by atoms with E-state index in [1.54, 1.807) is 12.3 Å². The van der Waals surface area contributed by atoms with Gasteiger partial charge in [0, 0.05) is 16.8 Å². The molecule has 0 fully saturated rings. The maximum absolute atomic E-state index is 8.70. The number of nitriles is 1. The van der Waals surface area contributed by atoms with E-state index in [0.717, 1.165) is 27.3 Å². The minimum atomic E-state index is 0.428. The Morgan fingerprint density at radius 1 is 1.18 bits per heavy atom. The van der Waals surface area contributed by atoms with Gasteiger partial charge in [-0.2, -0.15) is 5.26 Å². The first-order valence-corrected chi connectivity index (χ1v) is 5.63. The maximum atomic E-state index is 8.70. The monoisotopic (exact) mass is 242 g/mol. The molecular weight excluding hydrogens is 232 g/mol. The lowest BCUT2D eigenvalue weighted by Crippen LogP contribution is -1.88. The first kappa shape index (κ1) is 11.6. The Hall–Kier alpha value is -1.85. The molecule has 1 aromatic heterocycles. The van der Waals surface area contributed by atoms with Crippen LogP contribution in [0.3, 0.4) is 0 Å². The Labute approximate surface area is 105 Å². The molecular formula is C14H11ClN2. The number of hydrogen-bond acceptors (Lipinski definition) is 2. The normalized spacial score (nSPS) is 10.0. The second kappa shape index (κ2) is 4.57. The molecule has 0 radical (unpaired) electrons. The number of pyridine rings is 1. The van der Waals surface area contributed by atoms with Crippen LogP contribution >= 0.6 is 11.6 Å². The summed E-state index contributed by atoms with van der Waals surface area (Å²) < 4.78 is 0. The molecule has 2 nitrogen and oxygen atoms in total. The number of rotatable bonds is 1. The zero-order valence-corrected chi connectivity index (χ0v) is 10.4. The SMILES string of the molecule is Cc1cc(-c2ccc(C#N)nc2)c(C)cc1Cl. The van der Waals surface area contributed by atoms with Crippen molar-refractivity contribution >= 4 is 11.6 Å². The molecule has 17 heavy (non-hydrogen) atoms. The molecule has 2 aromatic rings. The van der Waals surface area contributed by atoms with Gasteiger partial charge in [-0.25, -0.2) is 4.98 Å². The molecule has 0 amide bonds. The summed E-state index contributed by atoms with van der Waals surface area (Å²) in [5.41, 5.74) is 4.67. The third kappa shape index (κ3) is 2.30. The predicted molar refractivity (Wildman–Crippen MR) is 68.9 cm³/mol. The topological polar surface area (TPSA) is 36.7 Å². The van der Waals surface area contributed by atoms with Crippen LogP contribution in [-0.2, 0) is 0 Å². The minimum absolute atomic E-state index is 0.428. The average Bonchev–Trinajstić information content (AvgIpc) is 2.34. The summed E-state index contributed by atoms with van der Waals surface area (Å²) in [5.74, 6) is 0. The van der Waals surface area contributed by atoms with E-state index < -0.39 is 0 Å². The second-order valence-corrected chi connectivity index (χ2v) is 4.37. The largest absolute Gasteiger partial charge is 0.245 e. The fourth-order valence-corrected chi connectivity index (χ4v) is 1.93. The fraction of sp³-hybridized carbons (Fsp3) is 0.143. The summed E-state index contributed by atoms with van der Waals surface area (Å²) in [6.45, 7) is 3.99. The highest BCUT2D eigenvalue weighted by molar-refractivity contribution is 6.31. The van der Waals surface area contributed by atoms with Crippen molar-refractivity contribution in [2.24, 2.45) is 0 Å². The fourth-order valence-electron chi connectivity index (χ4n) is 1.71. The van der Waals surface area contributed by atoms with Gasteiger partial charge in [-0.15, -0.1) is 0 Å². The molecule has 1 aromatic carbocycles. The third-order valence-corrected chi connectivity index (χ3v) is 3.10. The van der Waals surface area contributed by atoms with E-state index in [0.29, 0.717) is 5.69 Å². The van der Waals surface area contributed by atoms with Gasteiger partial charge in [0.2, 0.25) is 0 Å². The van der Waals surface area contributed by atoms with Crippen LogP contribution in [0.25, 0.3) is 11.1 Å². The van der Waals surface area contributed by atoms with E-state index in [2.05, 4.69) is 4.98 Å². The summed E-state index contributed by atoms with van der Waals surface area (Å²) >= 11 is 6.06. The van der Waals surface area contributed by atoms with Crippen LogP contribution < -0.4 is 0 Å². The molecule has 0 aliphatic rings. The zero-order valence-electron chi connectivity index (χ0n) is 9.66. The second-order valence-electron chi connectivity index (χ2n) is 3.96. The Kier molecular flexibility index (Phi) is 3.12. The van der Waals surface area contributed by atoms with Gasteiger partial charge in [0.05, 0.1) is 0 Å². The lowest BCUT2D eigenvalue weighted by molar-refractivity contribution is 1.26. The summed E-state index contributed by atoms with van der Waals surface area (Å²) in [6, 6.07) is 9.62. The number of hydrogen-bond donors (Lipinski definition) is 0. The highest BCUT2D eigenvalue weighted by atomic mass is 35.5. The molecule has 0 N–H and O–H groups in total. The van der Waals surface area contributed by atoms with Crippen LogP contribution in [0.1, 0.15) is 16.8 Å². The molecule has 0 unspecified atom stereocenters. The van der Waals surface area contributed by atoms with Gasteiger partial charge in [0.1, 0.15) is 11.8 Å². The van der Waals surface area contributed by atoms with Crippen molar-refractivity contribution in [3.63, 3.8) is 0 Å². The van der Waals surface area contributed by atoms with Gasteiger partial charge in [0.15, 0.2) is 0 Å². The molecule has 0 saturated carbocycles. The van der Waals surface area contributed by atoms with Gasteiger partial charge in [-0.1, -0.05) is 11.6 Å². The number of halogens is 1. The van der Waals surface area contributed by atoms with E-state index in [1.165, 1.54) is 0 Å². The number of aryl methyl sites for hydroxylation is 2. The maximum Gasteiger partial charge on any atom is 0.140 e. The van der Waals surface area contributed by atoms with E-state index in [4.69, 9.17) is 16.9 Å². The van der Waals surface area contributed by atoms with Crippen molar-refractivity contribution in [2.45, 2.75) is 13.8 Å². The van der Waals surface area contributed by atoms with Gasteiger partial charge in [-0.05, 0) is 54.8 Å². The van der Waals surface area contributed by atoms with Crippen LogP contribution in [0.15, 0.2) is 30.5 Å². The first-order chi connectivity index (χ1) is 8.11. The van der Waals surface area contributed by atoms with Crippen LogP contribution in [0, 0.1) is 25.2 Å². The molecule has 0 saturated heterocycles. The summed E-state index contributed by atoms with van der Waals surface area (Å²) in [6.07, 6.45) is 1.72. The van der Waals surface area contributed by atoms with Crippen molar-refractivity contribution in [2.75, 3.05) is 0 Å². The highest BCUT2D eigenvalue weighted by Crippen LogP contribution is 2.28. The van der Waals surface area contributed by atoms with E-state index in [-0.39, 0.29) is 0 Å². The van der Waals surface area contributed by atoms with Crippen molar-refractivity contribution in [3.8, 4) is 17.2 Å². The van der Waals surface area contributed by atoms with Crippen LogP contribution in [0.2, 0.25) is 5.02 Å². The van der Waals surface area contributed by atoms with Gasteiger partial charge < -0.3 is 0 Å². The van der Waals surface area contributed by atoms with Gasteiger partial charge in [0.25, 0.3) is 0 Å². The standard InChI is InChI=1S/C14H11ClN2/c1-9-6-14(15)10(2)5-13(9)11-3-4-12(7-16)17-8-11/h3-6,8H,1-2H3. The Balaban J connectivity index is 2.53. The van der Waals surface area contributed by atoms with Gasteiger partial charge in [-0.3, -0.25) is 0 Å². The number of aromatic nitrogens is 1. The summed E-state index contributed by atoms with van der Waals surface area (Å²) in [4.78, 5) is 4.07. The van der Waals surface area contributed by atoms with Crippen molar-refractivity contribution in [1.29, 1.82) is 5.26 Å². The lowest BCUT2D eigenvalue weighted by atomic mass is 9.99. The molecule has 0 atom stereocenters. The predicted octanol–water partition coefficient (Wildman–Crippen LogP) is 3.89. The Morgan fingerprint density at radius 3 is 2.53 bits per heavy atom. The van der Waals surface area contributed by atoms with Crippen molar-refractivity contribution in [3.05, 3.63) is 52.3 Å². The zero-order chi connectivity index (χ0) is 12.4. The van der Waals surface area contributed by atoms with E-state index >= 15 is 0 Å². The average molecular weight is 243 g/mol. The molecule has 0 spiro atoms. The molecule has 1 heterocycles. The smallest absolute Gasteiger partial charge is 0.140 e. The third-order valence-electron chi connectivity index (χ3n) is 2.69. The molecule has 0 aliphatic carbocycles. The Morgan fingerprint density at radius 2 is 1.94 bits per heavy atom. The molecule has 0 bridgehead atoms.